The molecule has 1 unspecified atom stereocenters. The van der Waals surface area contributed by atoms with Crippen LogP contribution in [-0.2, 0) is 12.2 Å². The third-order valence-corrected chi connectivity index (χ3v) is 2.03. The van der Waals surface area contributed by atoms with E-state index in [0.717, 1.165) is 0 Å². The van der Waals surface area contributed by atoms with Crippen molar-refractivity contribution in [2.75, 3.05) is 0 Å². The first-order chi connectivity index (χ1) is 5.96. The topological polar surface area (TPSA) is 46.2 Å². The maximum atomic E-state index is 13.3. The lowest BCUT2D eigenvalue weighted by molar-refractivity contribution is 0.196. The van der Waals surface area contributed by atoms with Crippen molar-refractivity contribution < 1.29 is 9.50 Å². The average molecular weight is 183 g/mol. The summed E-state index contributed by atoms with van der Waals surface area (Å²) in [5.41, 5.74) is 6.11. The molecule has 2 nitrogen and oxygen atoms in total. The molecule has 0 saturated carbocycles. The molecule has 1 aromatic carbocycles. The van der Waals surface area contributed by atoms with Crippen LogP contribution in [0.1, 0.15) is 25.0 Å². The van der Waals surface area contributed by atoms with Crippen LogP contribution in [0.2, 0.25) is 0 Å². The van der Waals surface area contributed by atoms with Gasteiger partial charge in [-0.2, -0.15) is 0 Å². The summed E-state index contributed by atoms with van der Waals surface area (Å²) >= 11 is 0. The Kier molecular flexibility index (Phi) is 2.57. The molecule has 0 aliphatic carbocycles. The molecule has 1 aromatic rings. The van der Waals surface area contributed by atoms with E-state index in [1.165, 1.54) is 13.0 Å². The second kappa shape index (κ2) is 3.34. The number of benzene rings is 1. The maximum Gasteiger partial charge on any atom is 0.185 e. The SMILES string of the molecule is CCc1cccc(C(C)(N)F)c1O. The minimum atomic E-state index is -1.98. The van der Waals surface area contributed by atoms with Crippen LogP contribution >= 0.6 is 0 Å². The van der Waals surface area contributed by atoms with Crippen LogP contribution in [0.25, 0.3) is 0 Å². The van der Waals surface area contributed by atoms with Gasteiger partial charge in [0.05, 0.1) is 0 Å². The van der Waals surface area contributed by atoms with Gasteiger partial charge in [-0.05, 0) is 18.9 Å². The van der Waals surface area contributed by atoms with Gasteiger partial charge >= 0.3 is 0 Å². The molecule has 72 valence electrons. The zero-order valence-electron chi connectivity index (χ0n) is 7.84. The molecular formula is C10H14FNO. The molecule has 0 bridgehead atoms. The van der Waals surface area contributed by atoms with E-state index in [9.17, 15) is 9.50 Å². The standard InChI is InChI=1S/C10H14FNO/c1-3-7-5-4-6-8(9(7)13)10(2,11)12/h4-6,13H,3,12H2,1-2H3. The molecule has 0 aromatic heterocycles. The number of phenols is 1. The molecule has 1 atom stereocenters. The summed E-state index contributed by atoms with van der Waals surface area (Å²) in [4.78, 5) is 0. The molecule has 3 heteroatoms. The largest absolute Gasteiger partial charge is 0.507 e. The Labute approximate surface area is 77.2 Å². The van der Waals surface area contributed by atoms with Crippen LogP contribution in [0.4, 0.5) is 4.39 Å². The first kappa shape index (κ1) is 9.99. The summed E-state index contributed by atoms with van der Waals surface area (Å²) < 4.78 is 13.3. The van der Waals surface area contributed by atoms with Crippen molar-refractivity contribution >= 4 is 0 Å². The third-order valence-electron chi connectivity index (χ3n) is 2.03. The first-order valence-electron chi connectivity index (χ1n) is 4.26. The predicted molar refractivity (Wildman–Crippen MR) is 50.1 cm³/mol. The number of phenolic OH excluding ortho intramolecular Hbond substituents is 1. The number of hydrogen-bond acceptors (Lipinski definition) is 2. The Balaban J connectivity index is 3.24. The summed E-state index contributed by atoms with van der Waals surface area (Å²) in [7, 11) is 0. The summed E-state index contributed by atoms with van der Waals surface area (Å²) in [6.07, 6.45) is 0.662. The van der Waals surface area contributed by atoms with E-state index in [-0.39, 0.29) is 11.3 Å². The van der Waals surface area contributed by atoms with Crippen molar-refractivity contribution in [1.29, 1.82) is 0 Å². The smallest absolute Gasteiger partial charge is 0.185 e. The maximum absolute atomic E-state index is 13.3. The molecule has 0 radical (unpaired) electrons. The molecule has 3 N–H and O–H groups in total. The third kappa shape index (κ3) is 1.98. The van der Waals surface area contributed by atoms with Gasteiger partial charge in [-0.25, -0.2) is 4.39 Å². The molecule has 0 aliphatic rings. The number of aromatic hydroxyl groups is 1. The second-order valence-corrected chi connectivity index (χ2v) is 3.24. The first-order valence-corrected chi connectivity index (χ1v) is 4.26. The summed E-state index contributed by atoms with van der Waals surface area (Å²) in [5, 5.41) is 9.60. The van der Waals surface area contributed by atoms with Crippen molar-refractivity contribution in [2.24, 2.45) is 5.73 Å². The molecule has 0 aliphatic heterocycles. The van der Waals surface area contributed by atoms with Gasteiger partial charge in [0, 0.05) is 5.56 Å². The fourth-order valence-corrected chi connectivity index (χ4v) is 1.27. The van der Waals surface area contributed by atoms with Crippen LogP contribution in [0.3, 0.4) is 0 Å². The number of hydrogen-bond donors (Lipinski definition) is 2. The van der Waals surface area contributed by atoms with Gasteiger partial charge in [-0.1, -0.05) is 25.1 Å². The van der Waals surface area contributed by atoms with E-state index >= 15 is 0 Å². The number of halogens is 1. The quantitative estimate of drug-likeness (QED) is 0.689. The fourth-order valence-electron chi connectivity index (χ4n) is 1.27. The van der Waals surface area contributed by atoms with Gasteiger partial charge < -0.3 is 5.11 Å². The number of aryl methyl sites for hydroxylation is 1. The molecule has 0 saturated heterocycles. The predicted octanol–water partition coefficient (Wildman–Crippen LogP) is 2.06. The second-order valence-electron chi connectivity index (χ2n) is 3.24. The molecule has 0 fully saturated rings. The average Bonchev–Trinajstić information content (AvgIpc) is 2.02. The highest BCUT2D eigenvalue weighted by Gasteiger charge is 2.23. The Morgan fingerprint density at radius 3 is 2.62 bits per heavy atom. The lowest BCUT2D eigenvalue weighted by Gasteiger charge is -2.17. The normalized spacial score (nSPS) is 15.4. The van der Waals surface area contributed by atoms with Crippen molar-refractivity contribution in [3.63, 3.8) is 0 Å². The molecular weight excluding hydrogens is 169 g/mol. The van der Waals surface area contributed by atoms with E-state index in [1.54, 1.807) is 12.1 Å². The Morgan fingerprint density at radius 1 is 1.54 bits per heavy atom. The lowest BCUT2D eigenvalue weighted by Crippen LogP contribution is -2.27. The summed E-state index contributed by atoms with van der Waals surface area (Å²) in [6, 6.07) is 4.94. The highest BCUT2D eigenvalue weighted by Crippen LogP contribution is 2.31. The molecule has 0 spiro atoms. The van der Waals surface area contributed by atoms with E-state index in [2.05, 4.69) is 0 Å². The monoisotopic (exact) mass is 183 g/mol. The van der Waals surface area contributed by atoms with E-state index in [1.807, 2.05) is 6.92 Å². The zero-order valence-corrected chi connectivity index (χ0v) is 7.84. The van der Waals surface area contributed by atoms with Crippen molar-refractivity contribution in [3.8, 4) is 5.75 Å². The number of alkyl halides is 1. The van der Waals surface area contributed by atoms with Gasteiger partial charge in [0.25, 0.3) is 0 Å². The van der Waals surface area contributed by atoms with E-state index < -0.39 is 5.79 Å². The minimum absolute atomic E-state index is 0.0301. The van der Waals surface area contributed by atoms with Gasteiger partial charge in [-0.3, -0.25) is 5.73 Å². The summed E-state index contributed by atoms with van der Waals surface area (Å²) in [6.45, 7) is 3.12. The van der Waals surface area contributed by atoms with Crippen molar-refractivity contribution in [2.45, 2.75) is 26.1 Å². The van der Waals surface area contributed by atoms with Crippen LogP contribution in [0.15, 0.2) is 18.2 Å². The van der Waals surface area contributed by atoms with Crippen LogP contribution in [0, 0.1) is 0 Å². The minimum Gasteiger partial charge on any atom is -0.507 e. The molecule has 1 rings (SSSR count). The molecule has 0 heterocycles. The lowest BCUT2D eigenvalue weighted by atomic mass is 10.0. The van der Waals surface area contributed by atoms with E-state index in [0.29, 0.717) is 12.0 Å². The van der Waals surface area contributed by atoms with Gasteiger partial charge in [0.2, 0.25) is 0 Å². The van der Waals surface area contributed by atoms with Crippen LogP contribution in [0.5, 0.6) is 5.75 Å². The van der Waals surface area contributed by atoms with Gasteiger partial charge in [-0.15, -0.1) is 0 Å². The molecule has 13 heavy (non-hydrogen) atoms. The number of rotatable bonds is 2. The highest BCUT2D eigenvalue weighted by atomic mass is 19.1. The van der Waals surface area contributed by atoms with Gasteiger partial charge in [0.15, 0.2) is 5.79 Å². The van der Waals surface area contributed by atoms with Crippen molar-refractivity contribution in [3.05, 3.63) is 29.3 Å². The van der Waals surface area contributed by atoms with Crippen LogP contribution in [-0.4, -0.2) is 5.11 Å². The van der Waals surface area contributed by atoms with Crippen LogP contribution < -0.4 is 5.73 Å². The van der Waals surface area contributed by atoms with Crippen molar-refractivity contribution in [1.82, 2.24) is 0 Å². The van der Waals surface area contributed by atoms with E-state index in [4.69, 9.17) is 5.73 Å². The Hall–Kier alpha value is -1.09. The summed E-state index contributed by atoms with van der Waals surface area (Å²) in [5.74, 6) is -2.01. The zero-order chi connectivity index (χ0) is 10.1. The Morgan fingerprint density at radius 2 is 2.15 bits per heavy atom. The molecule has 0 amide bonds. The van der Waals surface area contributed by atoms with Gasteiger partial charge in [0.1, 0.15) is 5.75 Å². The number of nitrogens with two attached hydrogens (primary N) is 1. The fraction of sp³-hybridized carbons (Fsp3) is 0.400. The number of para-hydroxylation sites is 1. The highest BCUT2D eigenvalue weighted by molar-refractivity contribution is 5.42. The Bertz CT molecular complexity index is 304.